The molecule has 0 saturated carbocycles. The normalized spacial score (nSPS) is 11.2. The smallest absolute Gasteiger partial charge is 0.226 e. The van der Waals surface area contributed by atoms with E-state index in [9.17, 15) is 0 Å². The van der Waals surface area contributed by atoms with E-state index < -0.39 is 0 Å². The summed E-state index contributed by atoms with van der Waals surface area (Å²) in [6.07, 6.45) is 14.2. The molecule has 1 N–H and O–H groups in total. The van der Waals surface area contributed by atoms with E-state index in [2.05, 4.69) is 311 Å². The van der Waals surface area contributed by atoms with E-state index in [1.807, 2.05) is 189 Å². The second-order valence-electron chi connectivity index (χ2n) is 38.0. The molecule has 18 heterocycles. The van der Waals surface area contributed by atoms with Gasteiger partial charge in [0.1, 0.15) is 49.8 Å². The number of nitrogens with zero attached hydrogens (tertiary/aromatic N) is 16. The zero-order chi connectivity index (χ0) is 103. The summed E-state index contributed by atoms with van der Waals surface area (Å²) in [5.74, 6) is 10.7. The number of fused-ring (bicyclic) bond motifs is 12. The molecular formula is C117H131N17O5S5. The summed E-state index contributed by atoms with van der Waals surface area (Å²) in [6.45, 7) is 51.1. The van der Waals surface area contributed by atoms with E-state index in [0.29, 0.717) is 76.8 Å². The third-order valence-corrected chi connectivity index (χ3v) is 28.6. The van der Waals surface area contributed by atoms with Gasteiger partial charge in [0.15, 0.2) is 45.7 Å². The molecule has 0 saturated heterocycles. The number of pyridine rings is 6. The van der Waals surface area contributed by atoms with Crippen molar-refractivity contribution in [2.45, 2.75) is 237 Å². The number of oxazole rings is 3. The molecule has 22 nitrogen and oxygen atoms in total. The lowest BCUT2D eigenvalue weighted by molar-refractivity contribution is 0.472. The van der Waals surface area contributed by atoms with Crippen molar-refractivity contribution in [3.63, 3.8) is 0 Å². The van der Waals surface area contributed by atoms with Crippen LogP contribution in [-0.2, 0) is 0 Å². The van der Waals surface area contributed by atoms with E-state index in [4.69, 9.17) is 22.1 Å². The Morgan fingerprint density at radius 3 is 1.26 bits per heavy atom. The van der Waals surface area contributed by atoms with Crippen LogP contribution in [0.4, 0.5) is 0 Å². The van der Waals surface area contributed by atoms with Gasteiger partial charge in [0.25, 0.3) is 0 Å². The Bertz CT molecular complexity index is 5970. The summed E-state index contributed by atoms with van der Waals surface area (Å²) in [7, 11) is 0. The third-order valence-electron chi connectivity index (χ3n) is 21.9. The summed E-state index contributed by atoms with van der Waals surface area (Å²) < 4.78 is 32.6. The van der Waals surface area contributed by atoms with Gasteiger partial charge in [-0.1, -0.05) is 243 Å². The Morgan fingerprint density at radius 2 is 0.708 bits per heavy atom. The van der Waals surface area contributed by atoms with Crippen molar-refractivity contribution in [3.8, 4) is 0 Å². The molecule has 0 aliphatic rings. The Morgan fingerprint density at radius 1 is 0.264 bits per heavy atom. The molecule has 0 amide bonds. The van der Waals surface area contributed by atoms with Crippen LogP contribution < -0.4 is 0 Å². The topological polar surface area (TPSA) is 280 Å². The summed E-state index contributed by atoms with van der Waals surface area (Å²) in [5, 5.41) is 17.2. The van der Waals surface area contributed by atoms with Crippen molar-refractivity contribution in [2.75, 3.05) is 0 Å². The monoisotopic (exact) mass is 2010 g/mol. The van der Waals surface area contributed by atoms with Crippen molar-refractivity contribution in [1.29, 1.82) is 0 Å². The lowest BCUT2D eigenvalue weighted by atomic mass is 10.1. The van der Waals surface area contributed by atoms with Crippen LogP contribution in [0.2, 0.25) is 0 Å². The van der Waals surface area contributed by atoms with Crippen molar-refractivity contribution in [3.05, 3.63) is 340 Å². The van der Waals surface area contributed by atoms with Crippen LogP contribution in [-0.4, -0.2) is 84.8 Å². The fraction of sp³-hybridized carbons (Fsp3) is 0.308. The predicted molar refractivity (Wildman–Crippen MR) is 603 cm³/mol. The molecule has 0 atom stereocenters. The van der Waals surface area contributed by atoms with Gasteiger partial charge in [-0.3, -0.25) is 9.97 Å². The van der Waals surface area contributed by atoms with Gasteiger partial charge < -0.3 is 27.1 Å². The van der Waals surface area contributed by atoms with E-state index >= 15 is 0 Å². The predicted octanol–water partition coefficient (Wildman–Crippen LogP) is 35.3. The first-order valence-electron chi connectivity index (χ1n) is 49.2. The molecule has 0 aliphatic carbocycles. The number of thiophene rings is 2. The number of rotatable bonds is 12. The number of thiazole rings is 3. The number of aromatic amines is 1. The van der Waals surface area contributed by atoms with Gasteiger partial charge in [0, 0.05) is 127 Å². The van der Waals surface area contributed by atoms with Crippen LogP contribution in [0.1, 0.15) is 297 Å². The van der Waals surface area contributed by atoms with Crippen LogP contribution in [0.3, 0.4) is 0 Å². The molecule has 24 rings (SSSR count). The van der Waals surface area contributed by atoms with Crippen LogP contribution >= 0.6 is 56.7 Å². The lowest BCUT2D eigenvalue weighted by Crippen LogP contribution is -2.03. The van der Waals surface area contributed by atoms with Crippen molar-refractivity contribution in [1.82, 2.24) is 84.8 Å². The maximum atomic E-state index is 5.63. The Balaban J connectivity index is 0.000000132. The largest absolute Gasteiger partial charge is 0.461 e. The first-order chi connectivity index (χ1) is 69.3. The number of furan rings is 2. The Hall–Kier alpha value is -13.8. The molecule has 0 spiro atoms. The number of nitrogens with one attached hydrogen (secondary N) is 1. The fourth-order valence-electron chi connectivity index (χ4n) is 13.7. The van der Waals surface area contributed by atoms with E-state index in [-0.39, 0.29) is 0 Å². The molecule has 744 valence electrons. The highest BCUT2D eigenvalue weighted by Crippen LogP contribution is 2.35. The average molecular weight is 2020 g/mol. The molecule has 0 radical (unpaired) electrons. The van der Waals surface area contributed by atoms with Crippen LogP contribution in [0.5, 0.6) is 0 Å². The van der Waals surface area contributed by atoms with Crippen LogP contribution in [0, 0.1) is 0 Å². The van der Waals surface area contributed by atoms with Gasteiger partial charge in [-0.25, -0.2) is 49.8 Å². The van der Waals surface area contributed by atoms with E-state index in [1.165, 1.54) is 59.7 Å². The lowest BCUT2D eigenvalue weighted by Gasteiger charge is -1.99. The second kappa shape index (κ2) is 51.9. The Labute approximate surface area is 862 Å². The van der Waals surface area contributed by atoms with Gasteiger partial charge in [-0.05, 0) is 171 Å². The zero-order valence-corrected chi connectivity index (χ0v) is 90.8. The summed E-state index contributed by atoms with van der Waals surface area (Å²) in [5.41, 5.74) is 13.8. The van der Waals surface area contributed by atoms with Gasteiger partial charge >= 0.3 is 0 Å². The van der Waals surface area contributed by atoms with Crippen molar-refractivity contribution in [2.24, 2.45) is 0 Å². The number of benzene rings is 6. The molecule has 0 unspecified atom stereocenters. The van der Waals surface area contributed by atoms with E-state index in [0.717, 1.165) is 123 Å². The van der Waals surface area contributed by atoms with Gasteiger partial charge in [-0.2, -0.15) is 20.0 Å². The number of imidazole rings is 1. The summed E-state index contributed by atoms with van der Waals surface area (Å²) in [6, 6.07) is 77.4. The molecule has 18 aromatic heterocycles. The number of H-pyrrole nitrogens is 1. The zero-order valence-electron chi connectivity index (χ0n) is 86.7. The molecule has 0 aliphatic heterocycles. The Kier molecular flexibility index (Phi) is 38.7. The van der Waals surface area contributed by atoms with Crippen molar-refractivity contribution < 1.29 is 22.1 Å². The molecule has 24 aromatic rings. The van der Waals surface area contributed by atoms with Gasteiger partial charge in [0.05, 0.1) is 63.4 Å². The van der Waals surface area contributed by atoms with Crippen molar-refractivity contribution >= 4 is 185 Å². The number of aromatic nitrogens is 17. The molecule has 27 heteroatoms. The van der Waals surface area contributed by atoms with Crippen LogP contribution in [0.15, 0.2) is 302 Å². The van der Waals surface area contributed by atoms with Gasteiger partial charge in [-0.15, -0.1) is 56.7 Å². The highest BCUT2D eigenvalue weighted by atomic mass is 32.1. The minimum absolute atomic E-state index is 0.319. The molecule has 144 heavy (non-hydrogen) atoms. The standard InChI is InChI=1S/C11H12O.C11H12S.C10H12N2.2C10H11NO.2C10H11NS.C9H11N3.2C9H10N2O.2C9H10N2S/c2*1-8(2)11-7-9-5-3-4-6-10(9)12-11;1-7(2)10-11-8-5-3-4-6-9(8)12-10;1-7(2)9-6-8-4-3-5-11-10(8)12-9;1-7(2)10-11-8-5-3-4-6-9(8)12-10;1-7(2)9-6-8-4-3-5-11-10(8)12-9;1-7(2)10-11-8-5-3-4-6-9(8)12-10;1-7(2)12-10-8-5-3-4-6-9(8)11-12;1-6(2)9-11-7-3-4-10-5-8(7)12-9;1-6(2)9-11-8-7(12-9)4-3-5-10-8;1-6(2)9-11-7-3-4-10-5-8(7)12-9;1-6(2)9-11-8-7(12-9)4-3-5-10-8/h2*3-8H,1-2H3;3-7H,1-2H3,(H,11,12);5*3-7H,1-2H3;4*3-6H,1-2H3. The SMILES string of the molecule is CC(C)c1cc2ccccc2o1.CC(C)c1cc2ccccc2s1.CC(C)c1cc2cccnc2o1.CC(C)c1cc2cccnc2s1.CC(C)c1nc2ccccc2[nH]1.CC(C)c1nc2ccccc2o1.CC(C)c1nc2ccccc2s1.CC(C)c1nc2ccncc2o1.CC(C)c1nc2ccncc2s1.CC(C)c1nc2ncccc2o1.CC(C)c1nc2ncccc2s1.CC(C)n1nc2ccccc2n1. The molecule has 6 aromatic carbocycles. The minimum Gasteiger partial charge on any atom is -0.461 e. The highest BCUT2D eigenvalue weighted by molar-refractivity contribution is 7.20. The minimum atomic E-state index is 0.319. The number of para-hydroxylation sites is 6. The molecule has 0 bridgehead atoms. The number of hydrogen-bond acceptors (Lipinski definition) is 25. The number of hydrogen-bond donors (Lipinski definition) is 1. The summed E-state index contributed by atoms with van der Waals surface area (Å²) in [4.78, 5) is 64.6. The summed E-state index contributed by atoms with van der Waals surface area (Å²) >= 11 is 8.96. The maximum Gasteiger partial charge on any atom is 0.226 e. The first kappa shape index (κ1) is 107. The van der Waals surface area contributed by atoms with Gasteiger partial charge in [0.2, 0.25) is 5.71 Å². The molecule has 0 fully saturated rings. The fourth-order valence-corrected chi connectivity index (χ4v) is 18.6. The van der Waals surface area contributed by atoms with Crippen LogP contribution in [0.25, 0.3) is 129 Å². The highest BCUT2D eigenvalue weighted by Gasteiger charge is 2.17. The maximum absolute atomic E-state index is 5.63. The third kappa shape index (κ3) is 30.2. The first-order valence-corrected chi connectivity index (χ1v) is 53.3. The second-order valence-corrected chi connectivity index (χ2v) is 43.4. The quantitative estimate of drug-likeness (QED) is 0.119. The molecular weight excluding hydrogens is 1880 g/mol. The average Bonchev–Trinajstić information content (AvgIpc) is 1.78. The van der Waals surface area contributed by atoms with E-state index in [1.54, 1.807) is 87.3 Å².